The lowest BCUT2D eigenvalue weighted by Crippen LogP contribution is -2.27. The number of hydrogen-bond acceptors (Lipinski definition) is 5. The van der Waals surface area contributed by atoms with E-state index >= 15 is 0 Å². The number of carbonyl (C=O) groups excluding carboxylic acids is 2. The van der Waals surface area contributed by atoms with Gasteiger partial charge in [0.1, 0.15) is 5.82 Å². The fraction of sp³-hybridized carbons (Fsp3) is 0.500. The number of rotatable bonds is 7. The monoisotopic (exact) mass is 277 g/mol. The second-order valence-corrected chi connectivity index (χ2v) is 4.67. The zero-order valence-electron chi connectivity index (χ0n) is 11.5. The van der Waals surface area contributed by atoms with Crippen LogP contribution in [-0.2, 0) is 9.53 Å². The quantitative estimate of drug-likeness (QED) is 0.735. The first kappa shape index (κ1) is 14.3. The van der Waals surface area contributed by atoms with Crippen molar-refractivity contribution in [2.24, 2.45) is 0 Å². The molecule has 0 bridgehead atoms. The lowest BCUT2D eigenvalue weighted by molar-refractivity contribution is -0.120. The molecule has 2 N–H and O–H groups in total. The minimum atomic E-state index is -0.379. The summed E-state index contributed by atoms with van der Waals surface area (Å²) >= 11 is 0. The molecule has 2 rings (SSSR count). The van der Waals surface area contributed by atoms with E-state index in [1.165, 1.54) is 6.20 Å². The van der Waals surface area contributed by atoms with Crippen LogP contribution in [0, 0.1) is 0 Å². The SMILES string of the molecule is CCOC(=O)c1ccc(NCCC(=O)NC2CC2)nc1. The van der Waals surface area contributed by atoms with Gasteiger partial charge in [-0.25, -0.2) is 9.78 Å². The number of pyridine rings is 1. The number of ether oxygens (including phenoxy) is 1. The maximum atomic E-state index is 11.5. The third-order valence-corrected chi connectivity index (χ3v) is 2.88. The predicted molar refractivity (Wildman–Crippen MR) is 74.5 cm³/mol. The van der Waals surface area contributed by atoms with E-state index in [0.29, 0.717) is 37.0 Å². The number of amides is 1. The second-order valence-electron chi connectivity index (χ2n) is 4.67. The van der Waals surface area contributed by atoms with E-state index in [0.717, 1.165) is 12.8 Å². The molecule has 1 aliphatic rings. The average Bonchev–Trinajstić information content (AvgIpc) is 3.23. The van der Waals surface area contributed by atoms with Crippen molar-refractivity contribution in [3.63, 3.8) is 0 Å². The lowest BCUT2D eigenvalue weighted by Gasteiger charge is -2.07. The Morgan fingerprint density at radius 3 is 2.80 bits per heavy atom. The van der Waals surface area contributed by atoms with Crippen LogP contribution in [0.15, 0.2) is 18.3 Å². The zero-order valence-corrected chi connectivity index (χ0v) is 11.5. The van der Waals surface area contributed by atoms with Crippen molar-refractivity contribution in [3.8, 4) is 0 Å². The Kier molecular flexibility index (Phi) is 4.92. The molecule has 0 aromatic carbocycles. The molecule has 0 spiro atoms. The van der Waals surface area contributed by atoms with Crippen LogP contribution in [0.2, 0.25) is 0 Å². The normalized spacial score (nSPS) is 13.7. The maximum Gasteiger partial charge on any atom is 0.339 e. The number of nitrogens with zero attached hydrogens (tertiary/aromatic N) is 1. The molecular weight excluding hydrogens is 258 g/mol. The Balaban J connectivity index is 1.72. The largest absolute Gasteiger partial charge is 0.462 e. The van der Waals surface area contributed by atoms with E-state index in [1.54, 1.807) is 19.1 Å². The summed E-state index contributed by atoms with van der Waals surface area (Å²) in [7, 11) is 0. The van der Waals surface area contributed by atoms with Crippen LogP contribution >= 0.6 is 0 Å². The third-order valence-electron chi connectivity index (χ3n) is 2.88. The molecule has 1 fully saturated rings. The molecule has 108 valence electrons. The van der Waals surface area contributed by atoms with Crippen molar-refractivity contribution in [3.05, 3.63) is 23.9 Å². The van der Waals surface area contributed by atoms with Crippen molar-refractivity contribution in [1.82, 2.24) is 10.3 Å². The Morgan fingerprint density at radius 2 is 2.20 bits per heavy atom. The lowest BCUT2D eigenvalue weighted by atomic mass is 10.3. The van der Waals surface area contributed by atoms with Crippen LogP contribution in [0.5, 0.6) is 0 Å². The molecule has 1 saturated carbocycles. The molecular formula is C14H19N3O3. The number of anilines is 1. The van der Waals surface area contributed by atoms with Gasteiger partial charge in [0.15, 0.2) is 0 Å². The number of carbonyl (C=O) groups is 2. The first-order valence-corrected chi connectivity index (χ1v) is 6.85. The highest BCUT2D eigenvalue weighted by molar-refractivity contribution is 5.89. The van der Waals surface area contributed by atoms with E-state index in [4.69, 9.17) is 4.74 Å². The van der Waals surface area contributed by atoms with Crippen LogP contribution in [0.1, 0.15) is 36.5 Å². The summed E-state index contributed by atoms with van der Waals surface area (Å²) in [4.78, 5) is 27.0. The smallest absolute Gasteiger partial charge is 0.339 e. The molecule has 0 radical (unpaired) electrons. The molecule has 1 aromatic heterocycles. The summed E-state index contributed by atoms with van der Waals surface area (Å²) in [6.07, 6.45) is 4.06. The first-order valence-electron chi connectivity index (χ1n) is 6.85. The fourth-order valence-corrected chi connectivity index (χ4v) is 1.67. The van der Waals surface area contributed by atoms with Gasteiger partial charge >= 0.3 is 5.97 Å². The van der Waals surface area contributed by atoms with Gasteiger partial charge in [0.2, 0.25) is 5.91 Å². The van der Waals surface area contributed by atoms with Gasteiger partial charge in [-0.15, -0.1) is 0 Å². The van der Waals surface area contributed by atoms with E-state index in [1.807, 2.05) is 0 Å². The van der Waals surface area contributed by atoms with Crippen molar-refractivity contribution >= 4 is 17.7 Å². The highest BCUT2D eigenvalue weighted by Crippen LogP contribution is 2.18. The van der Waals surface area contributed by atoms with Gasteiger partial charge in [-0.1, -0.05) is 0 Å². The Morgan fingerprint density at radius 1 is 1.40 bits per heavy atom. The number of hydrogen-bond donors (Lipinski definition) is 2. The standard InChI is InChI=1S/C14H19N3O3/c1-2-20-14(19)10-3-6-12(16-9-10)15-8-7-13(18)17-11-4-5-11/h3,6,9,11H,2,4-5,7-8H2,1H3,(H,15,16)(H,17,18). The summed E-state index contributed by atoms with van der Waals surface area (Å²) in [5.41, 5.74) is 0.420. The molecule has 6 heteroatoms. The number of esters is 1. The van der Waals surface area contributed by atoms with Gasteiger partial charge in [0, 0.05) is 25.2 Å². The molecule has 20 heavy (non-hydrogen) atoms. The van der Waals surface area contributed by atoms with Crippen molar-refractivity contribution in [2.75, 3.05) is 18.5 Å². The topological polar surface area (TPSA) is 80.3 Å². The molecule has 1 amide bonds. The van der Waals surface area contributed by atoms with Crippen LogP contribution in [-0.4, -0.2) is 36.1 Å². The second kappa shape index (κ2) is 6.88. The van der Waals surface area contributed by atoms with Crippen molar-refractivity contribution in [2.45, 2.75) is 32.2 Å². The molecule has 0 aliphatic heterocycles. The van der Waals surface area contributed by atoms with Gasteiger partial charge in [0.05, 0.1) is 12.2 Å². The van der Waals surface area contributed by atoms with Gasteiger partial charge in [-0.2, -0.15) is 0 Å². The highest BCUT2D eigenvalue weighted by Gasteiger charge is 2.22. The molecule has 6 nitrogen and oxygen atoms in total. The van der Waals surface area contributed by atoms with Crippen LogP contribution in [0.4, 0.5) is 5.82 Å². The van der Waals surface area contributed by atoms with Gasteiger partial charge in [-0.3, -0.25) is 4.79 Å². The molecule has 1 aromatic rings. The highest BCUT2D eigenvalue weighted by atomic mass is 16.5. The fourth-order valence-electron chi connectivity index (χ4n) is 1.67. The molecule has 1 aliphatic carbocycles. The van der Waals surface area contributed by atoms with E-state index in [2.05, 4.69) is 15.6 Å². The van der Waals surface area contributed by atoms with Crippen LogP contribution in [0.3, 0.4) is 0 Å². The van der Waals surface area contributed by atoms with Crippen molar-refractivity contribution < 1.29 is 14.3 Å². The maximum absolute atomic E-state index is 11.5. The predicted octanol–water partition coefficient (Wildman–Crippen LogP) is 1.34. The number of nitrogens with one attached hydrogen (secondary N) is 2. The van der Waals surface area contributed by atoms with E-state index in [9.17, 15) is 9.59 Å². The van der Waals surface area contributed by atoms with Gasteiger partial charge < -0.3 is 15.4 Å². The molecule has 0 atom stereocenters. The first-order chi connectivity index (χ1) is 9.69. The molecule has 0 unspecified atom stereocenters. The number of aromatic nitrogens is 1. The third kappa shape index (κ3) is 4.53. The van der Waals surface area contributed by atoms with Crippen LogP contribution < -0.4 is 10.6 Å². The minimum Gasteiger partial charge on any atom is -0.462 e. The Hall–Kier alpha value is -2.11. The van der Waals surface area contributed by atoms with Gasteiger partial charge in [0.25, 0.3) is 0 Å². The Labute approximate surface area is 117 Å². The minimum absolute atomic E-state index is 0.0585. The summed E-state index contributed by atoms with van der Waals surface area (Å²) < 4.78 is 4.87. The van der Waals surface area contributed by atoms with Crippen molar-refractivity contribution in [1.29, 1.82) is 0 Å². The van der Waals surface area contributed by atoms with Crippen LogP contribution in [0.25, 0.3) is 0 Å². The summed E-state index contributed by atoms with van der Waals surface area (Å²) in [5, 5.41) is 5.96. The average molecular weight is 277 g/mol. The summed E-state index contributed by atoms with van der Waals surface area (Å²) in [6.45, 7) is 2.62. The zero-order chi connectivity index (χ0) is 14.4. The summed E-state index contributed by atoms with van der Waals surface area (Å²) in [6, 6.07) is 3.74. The molecule has 1 heterocycles. The summed E-state index contributed by atoms with van der Waals surface area (Å²) in [5.74, 6) is 0.316. The Bertz CT molecular complexity index is 469. The van der Waals surface area contributed by atoms with E-state index in [-0.39, 0.29) is 11.9 Å². The molecule has 0 saturated heterocycles. The van der Waals surface area contributed by atoms with E-state index < -0.39 is 0 Å². The van der Waals surface area contributed by atoms with Gasteiger partial charge in [-0.05, 0) is 31.9 Å².